The SMILES string of the molecule is Cc1cc(Cl)ccc1SCC(=O)OC(C)(C)C(=O)NC1CCCCC1. The van der Waals surface area contributed by atoms with Crippen LogP contribution in [-0.2, 0) is 14.3 Å². The highest BCUT2D eigenvalue weighted by Gasteiger charge is 2.33. The Kier molecular flexibility index (Phi) is 7.20. The first-order chi connectivity index (χ1) is 11.8. The van der Waals surface area contributed by atoms with E-state index < -0.39 is 11.6 Å². The van der Waals surface area contributed by atoms with Crippen LogP contribution in [0, 0.1) is 6.92 Å². The Morgan fingerprint density at radius 2 is 1.96 bits per heavy atom. The van der Waals surface area contributed by atoms with Crippen molar-refractivity contribution in [1.82, 2.24) is 5.32 Å². The van der Waals surface area contributed by atoms with E-state index in [1.54, 1.807) is 19.9 Å². The number of benzene rings is 1. The van der Waals surface area contributed by atoms with E-state index in [1.165, 1.54) is 18.2 Å². The highest BCUT2D eigenvalue weighted by molar-refractivity contribution is 8.00. The van der Waals surface area contributed by atoms with Crippen LogP contribution in [0.1, 0.15) is 51.5 Å². The van der Waals surface area contributed by atoms with Crippen LogP contribution in [0.5, 0.6) is 0 Å². The van der Waals surface area contributed by atoms with Crippen molar-refractivity contribution in [3.63, 3.8) is 0 Å². The monoisotopic (exact) mass is 383 g/mol. The summed E-state index contributed by atoms with van der Waals surface area (Å²) < 4.78 is 5.43. The van der Waals surface area contributed by atoms with Crippen molar-refractivity contribution in [2.45, 2.75) is 69.4 Å². The fourth-order valence-electron chi connectivity index (χ4n) is 2.88. The number of hydrogen-bond donors (Lipinski definition) is 1. The first-order valence-electron chi connectivity index (χ1n) is 8.70. The van der Waals surface area contributed by atoms with Gasteiger partial charge in [0, 0.05) is 16.0 Å². The first kappa shape index (κ1) is 20.1. The van der Waals surface area contributed by atoms with Crippen molar-refractivity contribution in [2.24, 2.45) is 0 Å². The smallest absolute Gasteiger partial charge is 0.317 e. The number of ether oxygens (including phenoxy) is 1. The van der Waals surface area contributed by atoms with E-state index >= 15 is 0 Å². The summed E-state index contributed by atoms with van der Waals surface area (Å²) >= 11 is 7.32. The molecule has 1 aromatic carbocycles. The highest BCUT2D eigenvalue weighted by atomic mass is 35.5. The molecule has 1 amide bonds. The summed E-state index contributed by atoms with van der Waals surface area (Å²) in [6, 6.07) is 5.74. The van der Waals surface area contributed by atoms with Gasteiger partial charge in [0.2, 0.25) is 0 Å². The topological polar surface area (TPSA) is 55.4 Å². The van der Waals surface area contributed by atoms with Crippen molar-refractivity contribution in [2.75, 3.05) is 5.75 Å². The van der Waals surface area contributed by atoms with E-state index in [1.807, 2.05) is 19.1 Å². The molecule has 1 aromatic rings. The molecule has 6 heteroatoms. The zero-order chi connectivity index (χ0) is 18.4. The average molecular weight is 384 g/mol. The van der Waals surface area contributed by atoms with Crippen molar-refractivity contribution in [3.05, 3.63) is 28.8 Å². The largest absolute Gasteiger partial charge is 0.449 e. The molecule has 0 saturated heterocycles. The lowest BCUT2D eigenvalue weighted by Gasteiger charge is -2.29. The molecule has 0 unspecified atom stereocenters. The van der Waals surface area contributed by atoms with Gasteiger partial charge in [-0.05, 0) is 57.4 Å². The second-order valence-corrected chi connectivity index (χ2v) is 8.44. The van der Waals surface area contributed by atoms with Crippen molar-refractivity contribution >= 4 is 35.2 Å². The van der Waals surface area contributed by atoms with E-state index in [0.717, 1.165) is 36.1 Å². The van der Waals surface area contributed by atoms with E-state index in [4.69, 9.17) is 16.3 Å². The van der Waals surface area contributed by atoms with Gasteiger partial charge < -0.3 is 10.1 Å². The lowest BCUT2D eigenvalue weighted by Crippen LogP contribution is -2.49. The number of halogens is 1. The Labute approximate surface area is 159 Å². The minimum atomic E-state index is -1.16. The lowest BCUT2D eigenvalue weighted by molar-refractivity contribution is -0.162. The predicted molar refractivity (Wildman–Crippen MR) is 102 cm³/mol. The summed E-state index contributed by atoms with van der Waals surface area (Å²) in [5, 5.41) is 3.69. The molecule has 1 N–H and O–H groups in total. The fourth-order valence-corrected chi connectivity index (χ4v) is 3.89. The number of carbonyl (C=O) groups excluding carboxylic acids is 2. The first-order valence-corrected chi connectivity index (χ1v) is 10.1. The number of esters is 1. The van der Waals surface area contributed by atoms with E-state index in [0.29, 0.717) is 5.02 Å². The molecular formula is C19H26ClNO3S. The number of nitrogens with one attached hydrogen (secondary N) is 1. The molecule has 1 aliphatic carbocycles. The standard InChI is InChI=1S/C19H26ClNO3S/c1-13-11-14(20)9-10-16(13)25-12-17(22)24-19(2,3)18(23)21-15-7-5-4-6-8-15/h9-11,15H,4-8,12H2,1-3H3,(H,21,23). The fraction of sp³-hybridized carbons (Fsp3) is 0.579. The molecule has 138 valence electrons. The summed E-state index contributed by atoms with van der Waals surface area (Å²) in [4.78, 5) is 25.6. The molecular weight excluding hydrogens is 358 g/mol. The molecule has 0 spiro atoms. The lowest BCUT2D eigenvalue weighted by atomic mass is 9.94. The Morgan fingerprint density at radius 3 is 2.60 bits per heavy atom. The molecule has 2 rings (SSSR count). The van der Waals surface area contributed by atoms with Gasteiger partial charge in [0.15, 0.2) is 5.60 Å². The maximum atomic E-state index is 12.4. The van der Waals surface area contributed by atoms with Gasteiger partial charge in [-0.25, -0.2) is 0 Å². The van der Waals surface area contributed by atoms with Crippen LogP contribution in [0.25, 0.3) is 0 Å². The second-order valence-electron chi connectivity index (χ2n) is 6.99. The summed E-state index contributed by atoms with van der Waals surface area (Å²) in [5.74, 6) is -0.466. The maximum absolute atomic E-state index is 12.4. The maximum Gasteiger partial charge on any atom is 0.317 e. The van der Waals surface area contributed by atoms with Crippen LogP contribution >= 0.6 is 23.4 Å². The third-order valence-electron chi connectivity index (χ3n) is 4.34. The minimum absolute atomic E-state index is 0.155. The van der Waals surface area contributed by atoms with Gasteiger partial charge in [-0.1, -0.05) is 30.9 Å². The molecule has 1 saturated carbocycles. The van der Waals surface area contributed by atoms with Crippen LogP contribution in [-0.4, -0.2) is 29.3 Å². The predicted octanol–water partition coefficient (Wildman–Crippen LogP) is 4.51. The van der Waals surface area contributed by atoms with Crippen LogP contribution in [0.3, 0.4) is 0 Å². The number of amides is 1. The summed E-state index contributed by atoms with van der Waals surface area (Å²) in [6.45, 7) is 5.23. The van der Waals surface area contributed by atoms with E-state index in [-0.39, 0.29) is 17.7 Å². The zero-order valence-electron chi connectivity index (χ0n) is 15.1. The zero-order valence-corrected chi connectivity index (χ0v) is 16.6. The molecule has 0 aromatic heterocycles. The molecule has 0 radical (unpaired) electrons. The number of hydrogen-bond acceptors (Lipinski definition) is 4. The highest BCUT2D eigenvalue weighted by Crippen LogP contribution is 2.26. The minimum Gasteiger partial charge on any atom is -0.449 e. The van der Waals surface area contributed by atoms with Crippen molar-refractivity contribution in [3.8, 4) is 0 Å². The molecule has 0 heterocycles. The van der Waals surface area contributed by atoms with Gasteiger partial charge >= 0.3 is 5.97 Å². The quantitative estimate of drug-likeness (QED) is 0.580. The third-order valence-corrected chi connectivity index (χ3v) is 5.72. The van der Waals surface area contributed by atoms with Gasteiger partial charge in [0.05, 0.1) is 5.75 Å². The normalized spacial score (nSPS) is 15.7. The van der Waals surface area contributed by atoms with Gasteiger partial charge in [0.1, 0.15) is 0 Å². The van der Waals surface area contributed by atoms with Gasteiger partial charge in [-0.2, -0.15) is 0 Å². The molecule has 1 aliphatic rings. The van der Waals surface area contributed by atoms with Gasteiger partial charge in [0.25, 0.3) is 5.91 Å². The molecule has 1 fully saturated rings. The number of aryl methyl sites for hydroxylation is 1. The summed E-state index contributed by atoms with van der Waals surface area (Å²) in [7, 11) is 0. The Morgan fingerprint density at radius 1 is 1.28 bits per heavy atom. The van der Waals surface area contributed by atoms with Crippen LogP contribution in [0.15, 0.2) is 23.1 Å². The molecule has 25 heavy (non-hydrogen) atoms. The van der Waals surface area contributed by atoms with Gasteiger partial charge in [-0.3, -0.25) is 9.59 Å². The molecule has 0 bridgehead atoms. The average Bonchev–Trinajstić information content (AvgIpc) is 2.54. The van der Waals surface area contributed by atoms with Crippen LogP contribution in [0.2, 0.25) is 5.02 Å². The van der Waals surface area contributed by atoms with Crippen LogP contribution < -0.4 is 5.32 Å². The summed E-state index contributed by atoms with van der Waals surface area (Å²) in [5.41, 5.74) is -0.149. The second kappa shape index (κ2) is 8.95. The number of carbonyl (C=O) groups is 2. The molecule has 0 aliphatic heterocycles. The molecule has 4 nitrogen and oxygen atoms in total. The number of rotatable bonds is 6. The van der Waals surface area contributed by atoms with Crippen molar-refractivity contribution < 1.29 is 14.3 Å². The van der Waals surface area contributed by atoms with E-state index in [2.05, 4.69) is 5.32 Å². The Bertz CT molecular complexity index is 627. The molecule has 0 atom stereocenters. The van der Waals surface area contributed by atoms with E-state index in [9.17, 15) is 9.59 Å². The van der Waals surface area contributed by atoms with Crippen LogP contribution in [0.4, 0.5) is 0 Å². The third kappa shape index (κ3) is 6.23. The van der Waals surface area contributed by atoms with Gasteiger partial charge in [-0.15, -0.1) is 11.8 Å². The summed E-state index contributed by atoms with van der Waals surface area (Å²) in [6.07, 6.45) is 5.51. The number of thioether (sulfide) groups is 1. The van der Waals surface area contributed by atoms with Crippen molar-refractivity contribution in [1.29, 1.82) is 0 Å². The Hall–Kier alpha value is -1.20. The Balaban J connectivity index is 1.83.